The van der Waals surface area contributed by atoms with Gasteiger partial charge in [0.2, 0.25) is 5.91 Å². The first kappa shape index (κ1) is 29.3. The van der Waals surface area contributed by atoms with E-state index in [1.807, 2.05) is 26.0 Å². The summed E-state index contributed by atoms with van der Waals surface area (Å²) < 4.78 is 19.7. The number of thioether (sulfide) groups is 1. The number of hydrogen-bond acceptors (Lipinski definition) is 6. The van der Waals surface area contributed by atoms with Crippen LogP contribution in [0.1, 0.15) is 16.7 Å². The Morgan fingerprint density at radius 3 is 2.42 bits per heavy atom. The van der Waals surface area contributed by atoms with Crippen LogP contribution in [0.3, 0.4) is 0 Å². The summed E-state index contributed by atoms with van der Waals surface area (Å²) in [5.41, 5.74) is 3.65. The molecule has 4 rings (SSSR count). The van der Waals surface area contributed by atoms with E-state index in [2.05, 4.69) is 26.6 Å². The highest BCUT2D eigenvalue weighted by Crippen LogP contribution is 2.32. The van der Waals surface area contributed by atoms with Gasteiger partial charge in [-0.1, -0.05) is 23.7 Å². The Bertz CT molecular complexity index is 1550. The lowest BCUT2D eigenvalue weighted by Crippen LogP contribution is -2.36. The van der Waals surface area contributed by atoms with Gasteiger partial charge in [-0.05, 0) is 107 Å². The highest BCUT2D eigenvalue weighted by molar-refractivity contribution is 9.10. The van der Waals surface area contributed by atoms with Crippen LogP contribution in [0.25, 0.3) is 6.08 Å². The second kappa shape index (κ2) is 12.7. The fraction of sp³-hybridized carbons (Fsp3) is 0.143. The number of rotatable bonds is 8. The molecule has 0 aromatic heterocycles. The Morgan fingerprint density at radius 2 is 1.73 bits per heavy atom. The number of carbonyl (C=O) groups is 4. The summed E-state index contributed by atoms with van der Waals surface area (Å²) in [6, 6.07) is 14.1. The number of nitrogens with one attached hydrogen (secondary N) is 2. The van der Waals surface area contributed by atoms with Crippen LogP contribution < -0.4 is 15.4 Å². The van der Waals surface area contributed by atoms with Gasteiger partial charge in [-0.25, -0.2) is 4.39 Å². The number of nitrogens with zero attached hydrogens (tertiary/aromatic N) is 1. The largest absolute Gasteiger partial charge is 0.484 e. The number of halogens is 3. The van der Waals surface area contributed by atoms with Gasteiger partial charge in [-0.3, -0.25) is 24.1 Å². The fourth-order valence-corrected chi connectivity index (χ4v) is 5.15. The van der Waals surface area contributed by atoms with E-state index in [4.69, 9.17) is 16.3 Å². The average molecular weight is 647 g/mol. The van der Waals surface area contributed by atoms with E-state index in [0.29, 0.717) is 28.8 Å². The number of imide groups is 1. The molecule has 1 aliphatic heterocycles. The van der Waals surface area contributed by atoms with Crippen molar-refractivity contribution >= 4 is 79.7 Å². The number of anilines is 2. The van der Waals surface area contributed by atoms with Gasteiger partial charge in [-0.15, -0.1) is 0 Å². The minimum atomic E-state index is -0.637. The van der Waals surface area contributed by atoms with Crippen molar-refractivity contribution in [2.75, 3.05) is 23.8 Å². The van der Waals surface area contributed by atoms with E-state index >= 15 is 0 Å². The van der Waals surface area contributed by atoms with Crippen molar-refractivity contribution in [3.63, 3.8) is 0 Å². The molecule has 3 aromatic rings. The molecule has 0 atom stereocenters. The maximum absolute atomic E-state index is 13.3. The third kappa shape index (κ3) is 7.29. The molecule has 206 valence electrons. The molecule has 3 aromatic carbocycles. The molecule has 2 N–H and O–H groups in total. The average Bonchev–Trinajstić information content (AvgIpc) is 3.16. The molecular formula is C28H22BrClFN3O5S. The molecule has 0 unspecified atom stereocenters. The molecular weight excluding hydrogens is 625 g/mol. The minimum Gasteiger partial charge on any atom is -0.484 e. The lowest BCUT2D eigenvalue weighted by molar-refractivity contribution is -0.127. The normalized spacial score (nSPS) is 14.0. The number of carbonyl (C=O) groups excluding carboxylic acids is 4. The van der Waals surface area contributed by atoms with Crippen LogP contribution in [0.4, 0.5) is 20.6 Å². The Balaban J connectivity index is 1.31. The predicted molar refractivity (Wildman–Crippen MR) is 157 cm³/mol. The fourth-order valence-electron chi connectivity index (χ4n) is 3.58. The second-order valence-corrected chi connectivity index (χ2v) is 11.0. The summed E-state index contributed by atoms with van der Waals surface area (Å²) in [5.74, 6) is -1.77. The predicted octanol–water partition coefficient (Wildman–Crippen LogP) is 6.55. The van der Waals surface area contributed by atoms with Crippen molar-refractivity contribution in [3.8, 4) is 5.75 Å². The molecule has 0 bridgehead atoms. The Labute approximate surface area is 247 Å². The number of ether oxygens (including phenoxy) is 1. The third-order valence-electron chi connectivity index (χ3n) is 5.78. The zero-order chi connectivity index (χ0) is 29.0. The van der Waals surface area contributed by atoms with E-state index in [0.717, 1.165) is 26.6 Å². The first-order valence-corrected chi connectivity index (χ1v) is 13.8. The van der Waals surface area contributed by atoms with Gasteiger partial charge in [0.25, 0.3) is 17.1 Å². The van der Waals surface area contributed by atoms with Crippen molar-refractivity contribution in [1.82, 2.24) is 4.90 Å². The topological polar surface area (TPSA) is 105 Å². The van der Waals surface area contributed by atoms with Crippen LogP contribution in [0.2, 0.25) is 5.02 Å². The van der Waals surface area contributed by atoms with Crippen molar-refractivity contribution in [1.29, 1.82) is 0 Å². The summed E-state index contributed by atoms with van der Waals surface area (Å²) in [5, 5.41) is 4.52. The molecule has 1 saturated heterocycles. The highest BCUT2D eigenvalue weighted by atomic mass is 79.9. The summed E-state index contributed by atoms with van der Waals surface area (Å²) in [6.45, 7) is 3.23. The maximum Gasteiger partial charge on any atom is 0.294 e. The van der Waals surface area contributed by atoms with Crippen molar-refractivity contribution in [2.45, 2.75) is 13.8 Å². The smallest absolute Gasteiger partial charge is 0.294 e. The van der Waals surface area contributed by atoms with Crippen molar-refractivity contribution in [3.05, 3.63) is 91.5 Å². The first-order chi connectivity index (χ1) is 19.0. The molecule has 0 aliphatic carbocycles. The minimum absolute atomic E-state index is 0.148. The molecule has 1 aliphatic rings. The van der Waals surface area contributed by atoms with Crippen molar-refractivity contribution < 1.29 is 28.3 Å². The zero-order valence-corrected chi connectivity index (χ0v) is 24.4. The second-order valence-electron chi connectivity index (χ2n) is 8.77. The van der Waals surface area contributed by atoms with Crippen LogP contribution in [0, 0.1) is 19.7 Å². The highest BCUT2D eigenvalue weighted by Gasteiger charge is 2.36. The van der Waals surface area contributed by atoms with Gasteiger partial charge in [0.15, 0.2) is 6.61 Å². The van der Waals surface area contributed by atoms with E-state index in [1.54, 1.807) is 24.3 Å². The van der Waals surface area contributed by atoms with Gasteiger partial charge < -0.3 is 15.4 Å². The number of hydrogen-bond donors (Lipinski definition) is 2. The molecule has 8 nitrogen and oxygen atoms in total. The van der Waals surface area contributed by atoms with Crippen LogP contribution in [0.15, 0.2) is 64.0 Å². The molecule has 0 saturated carbocycles. The molecule has 40 heavy (non-hydrogen) atoms. The molecule has 4 amide bonds. The SMILES string of the molecule is Cc1cc(Br)c(NC(=O)COc2ccc(/C=C3/SC(=O)N(CC(=O)Nc4ccc(F)c(Cl)c4)C3=O)cc2)cc1C. The molecule has 12 heteroatoms. The van der Waals surface area contributed by atoms with E-state index in [9.17, 15) is 23.6 Å². The van der Waals surface area contributed by atoms with E-state index in [1.165, 1.54) is 18.2 Å². The van der Waals surface area contributed by atoms with Crippen molar-refractivity contribution in [2.24, 2.45) is 0 Å². The van der Waals surface area contributed by atoms with Gasteiger partial charge in [0, 0.05) is 10.2 Å². The standard InChI is InChI=1S/C28H22BrClFN3O5S/c1-15-9-20(29)23(10-16(15)2)33-26(36)14-39-19-6-3-17(4-7-19)11-24-27(37)34(28(38)40-24)13-25(35)32-18-5-8-22(31)21(30)12-18/h3-12H,13-14H2,1-2H3,(H,32,35)(H,33,36)/b24-11+. The summed E-state index contributed by atoms with van der Waals surface area (Å²) in [4.78, 5) is 50.8. The van der Waals surface area contributed by atoms with Gasteiger partial charge >= 0.3 is 0 Å². The number of amides is 4. The summed E-state index contributed by atoms with van der Waals surface area (Å²) in [7, 11) is 0. The monoisotopic (exact) mass is 645 g/mol. The number of benzene rings is 3. The molecule has 0 spiro atoms. The summed E-state index contributed by atoms with van der Waals surface area (Å²) >= 11 is 9.87. The lowest BCUT2D eigenvalue weighted by atomic mass is 10.1. The number of aryl methyl sites for hydroxylation is 2. The molecule has 1 heterocycles. The quantitative estimate of drug-likeness (QED) is 0.269. The zero-order valence-electron chi connectivity index (χ0n) is 21.2. The van der Waals surface area contributed by atoms with Crippen LogP contribution in [-0.4, -0.2) is 41.0 Å². The molecule has 0 radical (unpaired) electrons. The Morgan fingerprint density at radius 1 is 1.02 bits per heavy atom. The van der Waals surface area contributed by atoms with Gasteiger partial charge in [0.05, 0.1) is 15.6 Å². The van der Waals surface area contributed by atoms with Crippen LogP contribution >= 0.6 is 39.3 Å². The third-order valence-corrected chi connectivity index (χ3v) is 7.64. The first-order valence-electron chi connectivity index (χ1n) is 11.8. The Kier molecular flexibility index (Phi) is 9.28. The van der Waals surface area contributed by atoms with E-state index in [-0.39, 0.29) is 28.1 Å². The van der Waals surface area contributed by atoms with Crippen LogP contribution in [-0.2, 0) is 14.4 Å². The van der Waals surface area contributed by atoms with Gasteiger partial charge in [0.1, 0.15) is 18.1 Å². The van der Waals surface area contributed by atoms with E-state index < -0.39 is 29.4 Å². The Hall–Kier alpha value is -3.67. The van der Waals surface area contributed by atoms with Crippen LogP contribution in [0.5, 0.6) is 5.75 Å². The lowest BCUT2D eigenvalue weighted by Gasteiger charge is -2.12. The van der Waals surface area contributed by atoms with Gasteiger partial charge in [-0.2, -0.15) is 0 Å². The molecule has 1 fully saturated rings. The summed E-state index contributed by atoms with van der Waals surface area (Å²) in [6.07, 6.45) is 1.52. The maximum atomic E-state index is 13.3.